The molecule has 1 saturated heterocycles. The van der Waals surface area contributed by atoms with E-state index in [-0.39, 0.29) is 5.41 Å². The highest BCUT2D eigenvalue weighted by Gasteiger charge is 2.33. The molecular formula is C22H31N3O. The summed E-state index contributed by atoms with van der Waals surface area (Å²) in [7, 11) is 0. The van der Waals surface area contributed by atoms with E-state index in [0.717, 1.165) is 37.5 Å². The number of likely N-dealkylation sites (tertiary alicyclic amines) is 1. The molecule has 0 aliphatic carbocycles. The second-order valence-electron chi connectivity index (χ2n) is 8.26. The molecule has 26 heavy (non-hydrogen) atoms. The van der Waals surface area contributed by atoms with Crippen LogP contribution >= 0.6 is 0 Å². The third kappa shape index (κ3) is 4.43. The zero-order valence-electron chi connectivity index (χ0n) is 16.5. The molecule has 2 N–H and O–H groups in total. The van der Waals surface area contributed by atoms with E-state index in [2.05, 4.69) is 49.7 Å². The molecular weight excluding hydrogens is 322 g/mol. The smallest absolute Gasteiger partial charge is 0.130 e. The molecule has 1 aliphatic rings. The molecule has 4 nitrogen and oxygen atoms in total. The largest absolute Gasteiger partial charge is 0.487 e. The Morgan fingerprint density at radius 2 is 1.96 bits per heavy atom. The number of nitrogens with two attached hydrogens (primary N) is 1. The van der Waals surface area contributed by atoms with Crippen molar-refractivity contribution in [3.05, 3.63) is 58.9 Å². The maximum atomic E-state index is 6.27. The van der Waals surface area contributed by atoms with Gasteiger partial charge in [-0.15, -0.1) is 0 Å². The van der Waals surface area contributed by atoms with Gasteiger partial charge in [-0.25, -0.2) is 0 Å². The number of nitrogens with zero attached hydrogens (tertiary/aromatic N) is 2. The van der Waals surface area contributed by atoms with Gasteiger partial charge in [0.15, 0.2) is 0 Å². The van der Waals surface area contributed by atoms with Crippen molar-refractivity contribution in [2.45, 2.75) is 53.3 Å². The summed E-state index contributed by atoms with van der Waals surface area (Å²) in [5.74, 6) is 0.973. The first-order valence-electron chi connectivity index (χ1n) is 9.46. The van der Waals surface area contributed by atoms with Crippen LogP contribution in [-0.2, 0) is 13.2 Å². The van der Waals surface area contributed by atoms with Gasteiger partial charge in [-0.3, -0.25) is 9.88 Å². The maximum absolute atomic E-state index is 6.27. The van der Waals surface area contributed by atoms with Crippen molar-refractivity contribution in [2.75, 3.05) is 13.1 Å². The Kier molecular flexibility index (Phi) is 5.64. The summed E-state index contributed by atoms with van der Waals surface area (Å²) in [6.07, 6.45) is 2.86. The number of pyridine rings is 1. The van der Waals surface area contributed by atoms with E-state index in [1.807, 2.05) is 18.2 Å². The minimum Gasteiger partial charge on any atom is -0.487 e. The number of ether oxygens (including phenoxy) is 1. The predicted molar refractivity (Wildman–Crippen MR) is 106 cm³/mol. The van der Waals surface area contributed by atoms with Gasteiger partial charge in [-0.2, -0.15) is 0 Å². The molecule has 0 amide bonds. The average molecular weight is 354 g/mol. The normalized spacial score (nSPS) is 20.1. The van der Waals surface area contributed by atoms with Crippen LogP contribution in [0.25, 0.3) is 0 Å². The van der Waals surface area contributed by atoms with Crippen molar-refractivity contribution < 1.29 is 4.74 Å². The molecule has 3 rings (SSSR count). The predicted octanol–water partition coefficient (Wildman–Crippen LogP) is 3.84. The summed E-state index contributed by atoms with van der Waals surface area (Å²) < 4.78 is 6.05. The molecule has 1 fully saturated rings. The number of aromatic nitrogens is 1. The minimum atomic E-state index is 0.175. The van der Waals surface area contributed by atoms with Crippen LogP contribution in [0, 0.1) is 19.3 Å². The average Bonchev–Trinajstić information content (AvgIpc) is 2.58. The van der Waals surface area contributed by atoms with Gasteiger partial charge >= 0.3 is 0 Å². The molecule has 0 radical (unpaired) electrons. The SMILES string of the molecule is Cc1cc(CN2CCC(N)C(C)(C)C2)cc(C)c1OCc1ccccn1. The van der Waals surface area contributed by atoms with E-state index in [0.29, 0.717) is 12.6 Å². The number of aryl methyl sites for hydroxylation is 2. The molecule has 0 spiro atoms. The fourth-order valence-corrected chi connectivity index (χ4v) is 3.87. The molecule has 140 valence electrons. The van der Waals surface area contributed by atoms with Crippen molar-refractivity contribution in [2.24, 2.45) is 11.1 Å². The van der Waals surface area contributed by atoms with Gasteiger partial charge in [-0.05, 0) is 54.5 Å². The summed E-state index contributed by atoms with van der Waals surface area (Å²) in [4.78, 5) is 6.85. The molecule has 1 atom stereocenters. The van der Waals surface area contributed by atoms with Crippen LogP contribution in [0.3, 0.4) is 0 Å². The van der Waals surface area contributed by atoms with Gasteiger partial charge < -0.3 is 10.5 Å². The molecule has 2 heterocycles. The van der Waals surface area contributed by atoms with Crippen LogP contribution in [0.5, 0.6) is 5.75 Å². The van der Waals surface area contributed by atoms with Crippen LogP contribution in [0.4, 0.5) is 0 Å². The first kappa shape index (κ1) is 18.9. The number of piperidine rings is 1. The van der Waals surface area contributed by atoms with Crippen molar-refractivity contribution in [1.82, 2.24) is 9.88 Å². The fourth-order valence-electron chi connectivity index (χ4n) is 3.87. The van der Waals surface area contributed by atoms with Crippen LogP contribution in [0.15, 0.2) is 36.5 Å². The highest BCUT2D eigenvalue weighted by molar-refractivity contribution is 5.43. The summed E-state index contributed by atoms with van der Waals surface area (Å²) >= 11 is 0. The van der Waals surface area contributed by atoms with Crippen LogP contribution in [0.2, 0.25) is 0 Å². The summed E-state index contributed by atoms with van der Waals surface area (Å²) in [5, 5.41) is 0. The lowest BCUT2D eigenvalue weighted by atomic mass is 9.79. The molecule has 1 aromatic heterocycles. The third-order valence-corrected chi connectivity index (χ3v) is 5.41. The molecule has 0 saturated carbocycles. The van der Waals surface area contributed by atoms with E-state index in [9.17, 15) is 0 Å². The lowest BCUT2D eigenvalue weighted by Crippen LogP contribution is -2.52. The van der Waals surface area contributed by atoms with Crippen LogP contribution < -0.4 is 10.5 Å². The Morgan fingerprint density at radius 1 is 1.23 bits per heavy atom. The second-order valence-corrected chi connectivity index (χ2v) is 8.26. The standard InChI is InChI=1S/C22H31N3O/c1-16-11-18(13-25-10-8-20(23)22(3,4)15-25)12-17(2)21(16)26-14-19-7-5-6-9-24-19/h5-7,9,11-12,20H,8,10,13-15,23H2,1-4H3. The molecule has 1 unspecified atom stereocenters. The van der Waals surface area contributed by atoms with Crippen LogP contribution in [0.1, 0.15) is 42.7 Å². The van der Waals surface area contributed by atoms with Gasteiger partial charge in [0.25, 0.3) is 0 Å². The Balaban J connectivity index is 1.67. The van der Waals surface area contributed by atoms with Gasteiger partial charge in [0.2, 0.25) is 0 Å². The lowest BCUT2D eigenvalue weighted by Gasteiger charge is -2.42. The highest BCUT2D eigenvalue weighted by atomic mass is 16.5. The van der Waals surface area contributed by atoms with Gasteiger partial charge in [0.05, 0.1) is 5.69 Å². The van der Waals surface area contributed by atoms with Crippen molar-refractivity contribution in [3.63, 3.8) is 0 Å². The van der Waals surface area contributed by atoms with E-state index in [4.69, 9.17) is 10.5 Å². The van der Waals surface area contributed by atoms with Gasteiger partial charge in [0.1, 0.15) is 12.4 Å². The highest BCUT2D eigenvalue weighted by Crippen LogP contribution is 2.30. The summed E-state index contributed by atoms with van der Waals surface area (Å²) in [6.45, 7) is 12.4. The Bertz CT molecular complexity index is 719. The monoisotopic (exact) mass is 353 g/mol. The van der Waals surface area contributed by atoms with Gasteiger partial charge in [0, 0.05) is 31.9 Å². The molecule has 1 aliphatic heterocycles. The minimum absolute atomic E-state index is 0.175. The second kappa shape index (κ2) is 7.77. The van der Waals surface area contributed by atoms with Crippen LogP contribution in [-0.4, -0.2) is 29.0 Å². The number of rotatable bonds is 5. The zero-order valence-corrected chi connectivity index (χ0v) is 16.5. The summed E-state index contributed by atoms with van der Waals surface area (Å²) in [6, 6.07) is 10.7. The van der Waals surface area contributed by atoms with E-state index in [1.165, 1.54) is 16.7 Å². The van der Waals surface area contributed by atoms with Crippen molar-refractivity contribution in [1.29, 1.82) is 0 Å². The fraction of sp³-hybridized carbons (Fsp3) is 0.500. The topological polar surface area (TPSA) is 51.4 Å². The number of benzene rings is 1. The number of hydrogen-bond acceptors (Lipinski definition) is 4. The van der Waals surface area contributed by atoms with Gasteiger partial charge in [-0.1, -0.05) is 32.0 Å². The zero-order chi connectivity index (χ0) is 18.7. The summed E-state index contributed by atoms with van der Waals surface area (Å²) in [5.41, 5.74) is 11.1. The maximum Gasteiger partial charge on any atom is 0.130 e. The first-order chi connectivity index (χ1) is 12.3. The van der Waals surface area contributed by atoms with E-state index in [1.54, 1.807) is 6.20 Å². The molecule has 0 bridgehead atoms. The Morgan fingerprint density at radius 3 is 2.58 bits per heavy atom. The number of hydrogen-bond donors (Lipinski definition) is 1. The van der Waals surface area contributed by atoms with Crippen molar-refractivity contribution >= 4 is 0 Å². The third-order valence-electron chi connectivity index (χ3n) is 5.41. The van der Waals surface area contributed by atoms with Crippen molar-refractivity contribution in [3.8, 4) is 5.75 Å². The Hall–Kier alpha value is -1.91. The molecule has 1 aromatic carbocycles. The Labute approximate surface area is 157 Å². The molecule has 4 heteroatoms. The quantitative estimate of drug-likeness (QED) is 0.887. The lowest BCUT2D eigenvalue weighted by molar-refractivity contribution is 0.0898. The van der Waals surface area contributed by atoms with E-state index >= 15 is 0 Å². The molecule has 2 aromatic rings. The first-order valence-corrected chi connectivity index (χ1v) is 9.46. The van der Waals surface area contributed by atoms with E-state index < -0.39 is 0 Å².